The van der Waals surface area contributed by atoms with Crippen molar-refractivity contribution in [1.82, 2.24) is 0 Å². The molecule has 1 atom stereocenters. The summed E-state index contributed by atoms with van der Waals surface area (Å²) >= 11 is 0. The molecule has 128 valence electrons. The topological polar surface area (TPSA) is 145 Å². The number of carbonyl (C=O) groups is 1. The van der Waals surface area contributed by atoms with Crippen molar-refractivity contribution in [1.29, 1.82) is 0 Å². The van der Waals surface area contributed by atoms with Crippen molar-refractivity contribution in [2.24, 2.45) is 0 Å². The zero-order valence-electron chi connectivity index (χ0n) is 12.4. The van der Waals surface area contributed by atoms with Gasteiger partial charge in [-0.15, -0.1) is 0 Å². The average Bonchev–Trinajstić information content (AvgIpc) is 2.43. The highest BCUT2D eigenvalue weighted by molar-refractivity contribution is 7.46. The summed E-state index contributed by atoms with van der Waals surface area (Å²) in [5.41, 5.74) is -0.0541. The van der Waals surface area contributed by atoms with Crippen molar-refractivity contribution in [2.45, 2.75) is 12.8 Å². The van der Waals surface area contributed by atoms with Crippen LogP contribution in [0.25, 0.3) is 0 Å². The van der Waals surface area contributed by atoms with Crippen molar-refractivity contribution in [2.75, 3.05) is 0 Å². The van der Waals surface area contributed by atoms with Crippen LogP contribution in [0.2, 0.25) is 0 Å². The first-order valence-corrected chi connectivity index (χ1v) is 8.26. The van der Waals surface area contributed by atoms with E-state index in [9.17, 15) is 24.7 Å². The van der Waals surface area contributed by atoms with Gasteiger partial charge in [0, 0.05) is 18.1 Å². The van der Waals surface area contributed by atoms with Crippen LogP contribution in [-0.4, -0.2) is 30.9 Å². The fraction of sp³-hybridized carbons (Fsp3) is 0.133. The Balaban J connectivity index is 2.50. The Labute approximate surface area is 136 Å². The minimum Gasteiger partial charge on any atom is -0.508 e. The Bertz CT molecular complexity index is 826. The van der Waals surface area contributed by atoms with E-state index < -0.39 is 42.3 Å². The van der Waals surface area contributed by atoms with Crippen LogP contribution in [-0.2, 0) is 4.57 Å². The maximum Gasteiger partial charge on any atom is 0.524 e. The number of carbonyl (C=O) groups excluding carboxylic acids is 1. The Morgan fingerprint density at radius 2 is 1.75 bits per heavy atom. The van der Waals surface area contributed by atoms with E-state index in [4.69, 9.17) is 9.79 Å². The summed E-state index contributed by atoms with van der Waals surface area (Å²) in [5.74, 6) is -3.48. The summed E-state index contributed by atoms with van der Waals surface area (Å²) in [7, 11) is -5.02. The van der Waals surface area contributed by atoms with Gasteiger partial charge >= 0.3 is 7.82 Å². The predicted octanol–water partition coefficient (Wildman–Crippen LogP) is 2.26. The molecule has 0 aliphatic rings. The van der Waals surface area contributed by atoms with Gasteiger partial charge < -0.3 is 19.8 Å². The molecule has 5 N–H and O–H groups in total. The number of phenolic OH excluding ortho intramolecular Hbond substituents is 3. The third-order valence-electron chi connectivity index (χ3n) is 3.29. The molecule has 0 aliphatic heterocycles. The number of phosphoric acid groups is 1. The van der Waals surface area contributed by atoms with Crippen LogP contribution in [0.3, 0.4) is 0 Å². The zero-order chi connectivity index (χ0) is 18.1. The van der Waals surface area contributed by atoms with E-state index in [1.165, 1.54) is 25.1 Å². The zero-order valence-corrected chi connectivity index (χ0v) is 13.3. The van der Waals surface area contributed by atoms with E-state index >= 15 is 0 Å². The highest BCUT2D eigenvalue weighted by atomic mass is 31.2. The highest BCUT2D eigenvalue weighted by Gasteiger charge is 2.28. The summed E-state index contributed by atoms with van der Waals surface area (Å²) in [4.78, 5) is 30.5. The van der Waals surface area contributed by atoms with Crippen LogP contribution < -0.4 is 4.52 Å². The van der Waals surface area contributed by atoms with Crippen molar-refractivity contribution < 1.29 is 39.0 Å². The minimum absolute atomic E-state index is 0.0613. The third-order valence-corrected chi connectivity index (χ3v) is 3.73. The molecular formula is C15H15O8P. The lowest BCUT2D eigenvalue weighted by Crippen LogP contribution is -2.11. The number of benzene rings is 2. The maximum atomic E-state index is 12.6. The van der Waals surface area contributed by atoms with E-state index in [0.29, 0.717) is 5.56 Å². The van der Waals surface area contributed by atoms with Gasteiger partial charge in [-0.3, -0.25) is 14.6 Å². The number of hydrogen-bond acceptors (Lipinski definition) is 6. The van der Waals surface area contributed by atoms with Crippen molar-refractivity contribution >= 4 is 13.6 Å². The molecule has 24 heavy (non-hydrogen) atoms. The first-order valence-electron chi connectivity index (χ1n) is 6.72. The van der Waals surface area contributed by atoms with E-state index in [2.05, 4.69) is 4.52 Å². The lowest BCUT2D eigenvalue weighted by atomic mass is 9.91. The third kappa shape index (κ3) is 4.05. The Morgan fingerprint density at radius 3 is 2.33 bits per heavy atom. The van der Waals surface area contributed by atoms with E-state index in [1.54, 1.807) is 6.07 Å². The number of phenols is 3. The summed E-state index contributed by atoms with van der Waals surface area (Å²) in [6, 6.07) is 7.54. The number of hydrogen-bond donors (Lipinski definition) is 5. The summed E-state index contributed by atoms with van der Waals surface area (Å²) in [6.07, 6.45) is 0. The van der Waals surface area contributed by atoms with Gasteiger partial charge in [0.25, 0.3) is 0 Å². The summed E-state index contributed by atoms with van der Waals surface area (Å²) < 4.78 is 15.4. The number of ketones is 1. The highest BCUT2D eigenvalue weighted by Crippen LogP contribution is 2.44. The molecule has 0 saturated carbocycles. The molecule has 1 unspecified atom stereocenters. The Morgan fingerprint density at radius 1 is 1.08 bits per heavy atom. The first kappa shape index (κ1) is 17.8. The number of phosphoric ester groups is 1. The van der Waals surface area contributed by atoms with Gasteiger partial charge in [-0.1, -0.05) is 19.1 Å². The Hall–Kier alpha value is -2.54. The van der Waals surface area contributed by atoms with Gasteiger partial charge in [-0.2, -0.15) is 0 Å². The maximum absolute atomic E-state index is 12.6. The minimum atomic E-state index is -5.02. The molecule has 0 radical (unpaired) electrons. The molecule has 8 nitrogen and oxygen atoms in total. The summed E-state index contributed by atoms with van der Waals surface area (Å²) in [5, 5.41) is 28.9. The molecule has 0 fully saturated rings. The van der Waals surface area contributed by atoms with E-state index in [1.807, 2.05) is 0 Å². The first-order chi connectivity index (χ1) is 11.1. The second kappa shape index (κ2) is 6.52. The number of Topliss-reactive ketones (excluding diaryl/α,β-unsaturated/α-hetero) is 1. The molecular weight excluding hydrogens is 339 g/mol. The van der Waals surface area contributed by atoms with Crippen LogP contribution in [0, 0.1) is 0 Å². The van der Waals surface area contributed by atoms with Crippen LogP contribution >= 0.6 is 7.82 Å². The van der Waals surface area contributed by atoms with E-state index in [0.717, 1.165) is 12.1 Å². The average molecular weight is 354 g/mol. The molecule has 0 saturated heterocycles. The lowest BCUT2D eigenvalue weighted by Gasteiger charge is -2.16. The molecule has 2 aromatic carbocycles. The standard InChI is InChI=1S/C15H15O8P/c1-8(9-3-2-4-10(16)5-9)15(19)14-12(18)6-11(17)7-13(14)23-24(20,21)22/h2-8,16-18H,1H3,(H2,20,21,22). The van der Waals surface area contributed by atoms with Crippen molar-refractivity contribution in [3.8, 4) is 23.0 Å². The number of rotatable bonds is 5. The fourth-order valence-corrected chi connectivity index (χ4v) is 2.60. The van der Waals surface area contributed by atoms with Crippen LogP contribution in [0.4, 0.5) is 0 Å². The molecule has 0 heterocycles. The van der Waals surface area contributed by atoms with Gasteiger partial charge in [0.1, 0.15) is 28.6 Å². The smallest absolute Gasteiger partial charge is 0.508 e. The fourth-order valence-electron chi connectivity index (χ4n) is 2.20. The predicted molar refractivity (Wildman–Crippen MR) is 83.3 cm³/mol. The second-order valence-corrected chi connectivity index (χ2v) is 6.26. The molecule has 0 spiro atoms. The van der Waals surface area contributed by atoms with Gasteiger partial charge in [0.15, 0.2) is 5.78 Å². The lowest BCUT2D eigenvalue weighted by molar-refractivity contribution is 0.0961. The van der Waals surface area contributed by atoms with Crippen LogP contribution in [0.5, 0.6) is 23.0 Å². The molecule has 0 amide bonds. The monoisotopic (exact) mass is 354 g/mol. The summed E-state index contributed by atoms with van der Waals surface area (Å²) in [6.45, 7) is 1.49. The van der Waals surface area contributed by atoms with Gasteiger partial charge in [0.2, 0.25) is 0 Å². The van der Waals surface area contributed by atoms with Gasteiger partial charge in [-0.25, -0.2) is 4.57 Å². The SMILES string of the molecule is CC(C(=O)c1c(O)cc(O)cc1OP(=O)(O)O)c1cccc(O)c1. The van der Waals surface area contributed by atoms with Crippen molar-refractivity contribution in [3.63, 3.8) is 0 Å². The van der Waals surface area contributed by atoms with Gasteiger partial charge in [-0.05, 0) is 17.7 Å². The Kier molecular flexibility index (Phi) is 4.84. The normalized spacial score (nSPS) is 12.6. The molecule has 2 aromatic rings. The molecule has 0 bridgehead atoms. The quantitative estimate of drug-likeness (QED) is 0.406. The molecule has 0 aliphatic carbocycles. The van der Waals surface area contributed by atoms with Crippen LogP contribution in [0.15, 0.2) is 36.4 Å². The largest absolute Gasteiger partial charge is 0.524 e. The van der Waals surface area contributed by atoms with Gasteiger partial charge in [0.05, 0.1) is 0 Å². The van der Waals surface area contributed by atoms with Crippen LogP contribution in [0.1, 0.15) is 28.8 Å². The second-order valence-electron chi connectivity index (χ2n) is 5.10. The molecule has 0 aromatic heterocycles. The van der Waals surface area contributed by atoms with Crippen molar-refractivity contribution in [3.05, 3.63) is 47.5 Å². The number of aromatic hydroxyl groups is 3. The van der Waals surface area contributed by atoms with E-state index in [-0.39, 0.29) is 5.75 Å². The molecule has 9 heteroatoms. The molecule has 2 rings (SSSR count).